The monoisotopic (exact) mass is 321 g/mol. The van der Waals surface area contributed by atoms with Gasteiger partial charge in [0.1, 0.15) is 6.04 Å². The number of hydrogen-bond acceptors (Lipinski definition) is 6. The van der Waals surface area contributed by atoms with Crippen LogP contribution >= 0.6 is 0 Å². The van der Waals surface area contributed by atoms with Crippen LogP contribution in [-0.2, 0) is 9.63 Å². The number of aliphatic hydroxyl groups excluding tert-OH is 1. The number of methoxy groups -OCH3 is 1. The number of ether oxygens (including phenoxy) is 1. The summed E-state index contributed by atoms with van der Waals surface area (Å²) in [5.74, 6) is 0.759. The SMILES string of the molecule is COc1cncc([C@@H]2CCON2C(=O)[C@H]2CC[C@H](CO)CC2)n1. The van der Waals surface area contributed by atoms with Gasteiger partial charge in [-0.15, -0.1) is 0 Å². The Kier molecular flexibility index (Phi) is 5.07. The summed E-state index contributed by atoms with van der Waals surface area (Å²) in [7, 11) is 1.54. The molecule has 0 aromatic carbocycles. The fourth-order valence-corrected chi connectivity index (χ4v) is 3.35. The van der Waals surface area contributed by atoms with E-state index in [1.165, 1.54) is 5.06 Å². The number of carbonyl (C=O) groups excluding carboxylic acids is 1. The number of carbonyl (C=O) groups is 1. The van der Waals surface area contributed by atoms with Crippen molar-refractivity contribution in [3.8, 4) is 5.88 Å². The fraction of sp³-hybridized carbons (Fsp3) is 0.688. The van der Waals surface area contributed by atoms with E-state index >= 15 is 0 Å². The molecule has 23 heavy (non-hydrogen) atoms. The summed E-state index contributed by atoms with van der Waals surface area (Å²) in [5.41, 5.74) is 0.694. The van der Waals surface area contributed by atoms with Gasteiger partial charge in [-0.2, -0.15) is 0 Å². The lowest BCUT2D eigenvalue weighted by Crippen LogP contribution is -2.37. The van der Waals surface area contributed by atoms with Crippen LogP contribution in [0.15, 0.2) is 12.4 Å². The maximum absolute atomic E-state index is 12.8. The van der Waals surface area contributed by atoms with Crippen LogP contribution in [0, 0.1) is 11.8 Å². The molecule has 1 N–H and O–H groups in total. The molecule has 3 rings (SSSR count). The van der Waals surface area contributed by atoms with Crippen molar-refractivity contribution in [3.63, 3.8) is 0 Å². The summed E-state index contributed by atoms with van der Waals surface area (Å²) < 4.78 is 5.11. The molecule has 1 amide bonds. The highest BCUT2D eigenvalue weighted by Gasteiger charge is 2.38. The molecule has 1 saturated heterocycles. The molecule has 2 fully saturated rings. The molecule has 1 aromatic heterocycles. The lowest BCUT2D eigenvalue weighted by atomic mass is 9.82. The summed E-state index contributed by atoms with van der Waals surface area (Å²) in [6, 6.07) is -0.208. The van der Waals surface area contributed by atoms with E-state index in [0.717, 1.165) is 25.7 Å². The molecule has 0 bridgehead atoms. The highest BCUT2D eigenvalue weighted by Crippen LogP contribution is 2.35. The van der Waals surface area contributed by atoms with Gasteiger partial charge >= 0.3 is 0 Å². The van der Waals surface area contributed by atoms with Crippen LogP contribution in [0.4, 0.5) is 0 Å². The maximum Gasteiger partial charge on any atom is 0.249 e. The zero-order valence-corrected chi connectivity index (χ0v) is 13.4. The van der Waals surface area contributed by atoms with Crippen LogP contribution in [0.3, 0.4) is 0 Å². The van der Waals surface area contributed by atoms with E-state index in [-0.39, 0.29) is 24.5 Å². The van der Waals surface area contributed by atoms with Gasteiger partial charge in [-0.1, -0.05) is 0 Å². The molecule has 2 aliphatic rings. The van der Waals surface area contributed by atoms with E-state index in [0.29, 0.717) is 30.5 Å². The van der Waals surface area contributed by atoms with Crippen molar-refractivity contribution in [2.45, 2.75) is 38.1 Å². The number of hydroxylamine groups is 2. The predicted molar refractivity (Wildman–Crippen MR) is 81.3 cm³/mol. The number of aromatic nitrogens is 2. The first-order valence-electron chi connectivity index (χ1n) is 8.15. The van der Waals surface area contributed by atoms with E-state index in [1.54, 1.807) is 19.5 Å². The van der Waals surface area contributed by atoms with Crippen molar-refractivity contribution in [2.75, 3.05) is 20.3 Å². The summed E-state index contributed by atoms with van der Waals surface area (Å²) >= 11 is 0. The van der Waals surface area contributed by atoms with Gasteiger partial charge in [0.25, 0.3) is 0 Å². The number of rotatable bonds is 4. The molecule has 0 spiro atoms. The van der Waals surface area contributed by atoms with Gasteiger partial charge in [0.15, 0.2) is 0 Å². The number of amides is 1. The first kappa shape index (κ1) is 16.1. The van der Waals surface area contributed by atoms with Crippen LogP contribution in [0.1, 0.15) is 43.8 Å². The van der Waals surface area contributed by atoms with Crippen LogP contribution < -0.4 is 4.74 Å². The molecule has 1 aromatic rings. The molecular weight excluding hydrogens is 298 g/mol. The average Bonchev–Trinajstić information content (AvgIpc) is 3.11. The van der Waals surface area contributed by atoms with Crippen LogP contribution in [0.2, 0.25) is 0 Å². The summed E-state index contributed by atoms with van der Waals surface area (Å²) in [6.07, 6.45) is 7.31. The zero-order valence-electron chi connectivity index (χ0n) is 13.4. The third-order valence-electron chi connectivity index (χ3n) is 4.76. The normalized spacial score (nSPS) is 27.9. The quantitative estimate of drug-likeness (QED) is 0.904. The second-order valence-corrected chi connectivity index (χ2v) is 6.19. The average molecular weight is 321 g/mol. The topological polar surface area (TPSA) is 84.8 Å². The first-order valence-corrected chi connectivity index (χ1v) is 8.15. The second-order valence-electron chi connectivity index (χ2n) is 6.19. The van der Waals surface area contributed by atoms with Gasteiger partial charge in [-0.25, -0.2) is 10.0 Å². The molecule has 2 heterocycles. The lowest BCUT2D eigenvalue weighted by molar-refractivity contribution is -0.183. The molecule has 1 aliphatic heterocycles. The Hall–Kier alpha value is -1.73. The molecule has 0 radical (unpaired) electrons. The Balaban J connectivity index is 1.70. The van der Waals surface area contributed by atoms with Crippen molar-refractivity contribution in [1.29, 1.82) is 0 Å². The largest absolute Gasteiger partial charge is 0.480 e. The van der Waals surface area contributed by atoms with E-state index in [1.807, 2.05) is 0 Å². The van der Waals surface area contributed by atoms with E-state index in [2.05, 4.69) is 9.97 Å². The number of nitrogens with zero attached hydrogens (tertiary/aromatic N) is 3. The minimum Gasteiger partial charge on any atom is -0.480 e. The number of aliphatic hydroxyl groups is 1. The minimum absolute atomic E-state index is 0.0218. The van der Waals surface area contributed by atoms with Crippen LogP contribution in [0.5, 0.6) is 5.88 Å². The van der Waals surface area contributed by atoms with Gasteiger partial charge in [-0.3, -0.25) is 14.6 Å². The Morgan fingerprint density at radius 3 is 2.83 bits per heavy atom. The molecule has 1 saturated carbocycles. The summed E-state index contributed by atoms with van der Waals surface area (Å²) in [4.78, 5) is 26.9. The molecule has 126 valence electrons. The molecule has 1 atom stereocenters. The lowest BCUT2D eigenvalue weighted by Gasteiger charge is -2.31. The molecule has 0 unspecified atom stereocenters. The fourth-order valence-electron chi connectivity index (χ4n) is 3.35. The Labute approximate surface area is 135 Å². The van der Waals surface area contributed by atoms with Crippen LogP contribution in [-0.4, -0.2) is 46.4 Å². The highest BCUT2D eigenvalue weighted by atomic mass is 16.7. The van der Waals surface area contributed by atoms with Gasteiger partial charge in [0, 0.05) is 18.9 Å². The second kappa shape index (κ2) is 7.23. The Bertz CT molecular complexity index is 546. The van der Waals surface area contributed by atoms with Gasteiger partial charge in [-0.05, 0) is 31.6 Å². The van der Waals surface area contributed by atoms with Crippen molar-refractivity contribution in [1.82, 2.24) is 15.0 Å². The summed E-state index contributed by atoms with van der Waals surface area (Å²) in [5, 5.41) is 10.7. The molecule has 1 aliphatic carbocycles. The van der Waals surface area contributed by atoms with Gasteiger partial charge < -0.3 is 9.84 Å². The van der Waals surface area contributed by atoms with Crippen molar-refractivity contribution < 1.29 is 19.5 Å². The highest BCUT2D eigenvalue weighted by molar-refractivity contribution is 5.78. The van der Waals surface area contributed by atoms with Gasteiger partial charge in [0.2, 0.25) is 11.8 Å². The molecule has 7 nitrogen and oxygen atoms in total. The molecular formula is C16H23N3O4. The van der Waals surface area contributed by atoms with Crippen LogP contribution in [0.25, 0.3) is 0 Å². The minimum atomic E-state index is -0.208. The number of hydrogen-bond donors (Lipinski definition) is 1. The molecule has 7 heteroatoms. The Morgan fingerprint density at radius 2 is 2.13 bits per heavy atom. The predicted octanol–water partition coefficient (Wildman–Crippen LogP) is 1.49. The summed E-state index contributed by atoms with van der Waals surface area (Å²) in [6.45, 7) is 0.713. The third-order valence-corrected chi connectivity index (χ3v) is 4.76. The van der Waals surface area contributed by atoms with Gasteiger partial charge in [0.05, 0.1) is 31.8 Å². The van der Waals surface area contributed by atoms with Crippen molar-refractivity contribution in [2.24, 2.45) is 11.8 Å². The van der Waals surface area contributed by atoms with Crippen molar-refractivity contribution >= 4 is 5.91 Å². The third kappa shape index (κ3) is 3.45. The zero-order chi connectivity index (χ0) is 16.2. The van der Waals surface area contributed by atoms with Crippen molar-refractivity contribution in [3.05, 3.63) is 18.1 Å². The first-order chi connectivity index (χ1) is 11.2. The van der Waals surface area contributed by atoms with E-state index < -0.39 is 0 Å². The Morgan fingerprint density at radius 1 is 1.35 bits per heavy atom. The smallest absolute Gasteiger partial charge is 0.249 e. The van der Waals surface area contributed by atoms with E-state index in [9.17, 15) is 9.90 Å². The maximum atomic E-state index is 12.8. The standard InChI is InChI=1S/C16H23N3O4/c1-22-15-9-17-8-13(18-15)14-6-7-23-19(14)16(21)12-4-2-11(10-20)3-5-12/h8-9,11-12,14,20H,2-7,10H2,1H3/t11-,12-,14-/m0/s1. The van der Waals surface area contributed by atoms with E-state index in [4.69, 9.17) is 9.57 Å².